The smallest absolute Gasteiger partial charge is 0.354 e. The van der Waals surface area contributed by atoms with E-state index < -0.39 is 16.8 Å². The van der Waals surface area contributed by atoms with E-state index in [9.17, 15) is 19.7 Å². The van der Waals surface area contributed by atoms with Crippen LogP contribution in [0, 0.1) is 10.1 Å². The fourth-order valence-corrected chi connectivity index (χ4v) is 1.70. The fraction of sp³-hybridized carbons (Fsp3) is 0.0667. The zero-order valence-corrected chi connectivity index (χ0v) is 12.0. The molecule has 2 aromatic rings. The number of furan rings is 1. The summed E-state index contributed by atoms with van der Waals surface area (Å²) < 4.78 is 9.67. The Kier molecular flexibility index (Phi) is 4.88. The average Bonchev–Trinajstić information content (AvgIpc) is 3.06. The van der Waals surface area contributed by atoms with Crippen molar-refractivity contribution < 1.29 is 23.7 Å². The zero-order valence-electron chi connectivity index (χ0n) is 12.0. The molecule has 0 aliphatic heterocycles. The second-order valence-corrected chi connectivity index (χ2v) is 4.32. The van der Waals surface area contributed by atoms with Crippen molar-refractivity contribution in [3.8, 4) is 0 Å². The van der Waals surface area contributed by atoms with Crippen molar-refractivity contribution in [3.05, 3.63) is 69.8 Å². The van der Waals surface area contributed by atoms with Crippen molar-refractivity contribution in [1.29, 1.82) is 0 Å². The molecule has 1 aromatic heterocycles. The van der Waals surface area contributed by atoms with Gasteiger partial charge in [0.05, 0.1) is 18.3 Å². The van der Waals surface area contributed by atoms with Gasteiger partial charge >= 0.3 is 5.97 Å². The van der Waals surface area contributed by atoms with Gasteiger partial charge in [0.25, 0.3) is 11.6 Å². The van der Waals surface area contributed by atoms with Gasteiger partial charge in [0.1, 0.15) is 11.5 Å². The molecule has 0 unspecified atom stereocenters. The molecule has 8 nitrogen and oxygen atoms in total. The molecule has 8 heteroatoms. The number of carbonyl (C=O) groups is 2. The Hall–Kier alpha value is -3.42. The summed E-state index contributed by atoms with van der Waals surface area (Å²) in [6.45, 7) is 0. The molecule has 1 aromatic carbocycles. The number of methoxy groups -OCH3 is 1. The molecule has 0 aliphatic rings. The zero-order chi connectivity index (χ0) is 16.8. The number of nitro benzene ring substituents is 1. The Bertz CT molecular complexity index is 747. The summed E-state index contributed by atoms with van der Waals surface area (Å²) in [4.78, 5) is 33.9. The normalized spacial score (nSPS) is 10.9. The lowest BCUT2D eigenvalue weighted by Gasteiger charge is -2.07. The van der Waals surface area contributed by atoms with Crippen LogP contribution in [-0.2, 0) is 9.53 Å². The molecular weight excluding hydrogens is 304 g/mol. The van der Waals surface area contributed by atoms with Gasteiger partial charge in [-0.2, -0.15) is 0 Å². The van der Waals surface area contributed by atoms with Crippen LogP contribution in [0.2, 0.25) is 0 Å². The molecule has 0 aliphatic carbocycles. The van der Waals surface area contributed by atoms with Crippen molar-refractivity contribution in [1.82, 2.24) is 5.32 Å². The van der Waals surface area contributed by atoms with Crippen LogP contribution >= 0.6 is 0 Å². The quantitative estimate of drug-likeness (QED) is 0.391. The number of ether oxygens (including phenoxy) is 1. The van der Waals surface area contributed by atoms with E-state index in [4.69, 9.17) is 4.42 Å². The Morgan fingerprint density at radius 3 is 2.48 bits per heavy atom. The van der Waals surface area contributed by atoms with Gasteiger partial charge in [0, 0.05) is 23.8 Å². The summed E-state index contributed by atoms with van der Waals surface area (Å²) in [6.07, 6.45) is 2.73. The van der Waals surface area contributed by atoms with Crippen LogP contribution in [0.3, 0.4) is 0 Å². The lowest BCUT2D eigenvalue weighted by atomic mass is 10.2. The maximum Gasteiger partial charge on any atom is 0.354 e. The van der Waals surface area contributed by atoms with Crippen LogP contribution in [0.15, 0.2) is 52.8 Å². The summed E-state index contributed by atoms with van der Waals surface area (Å²) in [7, 11) is 1.18. The number of nitro groups is 1. The Morgan fingerprint density at radius 2 is 1.96 bits per heavy atom. The van der Waals surface area contributed by atoms with Crippen LogP contribution in [0.25, 0.3) is 6.08 Å². The number of nitrogens with zero attached hydrogens (tertiary/aromatic N) is 1. The van der Waals surface area contributed by atoms with E-state index >= 15 is 0 Å². The van der Waals surface area contributed by atoms with Crippen LogP contribution in [-0.4, -0.2) is 23.9 Å². The first kappa shape index (κ1) is 16.0. The molecule has 1 heterocycles. The molecule has 0 saturated carbocycles. The summed E-state index contributed by atoms with van der Waals surface area (Å²) >= 11 is 0. The SMILES string of the molecule is COC(=O)C(=Cc1ccco1)NC(=O)c1ccc([N+](=O)[O-])cc1. The lowest BCUT2D eigenvalue weighted by molar-refractivity contribution is -0.384. The van der Waals surface area contributed by atoms with Crippen LogP contribution < -0.4 is 5.32 Å². The van der Waals surface area contributed by atoms with Crippen LogP contribution in [0.5, 0.6) is 0 Å². The van der Waals surface area contributed by atoms with E-state index in [1.54, 1.807) is 12.1 Å². The van der Waals surface area contributed by atoms with E-state index in [0.29, 0.717) is 5.76 Å². The van der Waals surface area contributed by atoms with Gasteiger partial charge in [-0.3, -0.25) is 14.9 Å². The molecule has 0 atom stereocenters. The van der Waals surface area contributed by atoms with Gasteiger partial charge in [-0.25, -0.2) is 4.79 Å². The highest BCUT2D eigenvalue weighted by Crippen LogP contribution is 2.13. The van der Waals surface area contributed by atoms with E-state index in [-0.39, 0.29) is 16.9 Å². The van der Waals surface area contributed by atoms with Crippen molar-refractivity contribution in [2.45, 2.75) is 0 Å². The van der Waals surface area contributed by atoms with Crippen LogP contribution in [0.4, 0.5) is 5.69 Å². The van der Waals surface area contributed by atoms with E-state index in [1.165, 1.54) is 43.7 Å². The van der Waals surface area contributed by atoms with Gasteiger partial charge in [0.15, 0.2) is 0 Å². The summed E-state index contributed by atoms with van der Waals surface area (Å²) in [5.74, 6) is -1.01. The number of esters is 1. The lowest BCUT2D eigenvalue weighted by Crippen LogP contribution is -2.28. The number of benzene rings is 1. The van der Waals surface area contributed by atoms with E-state index in [2.05, 4.69) is 10.1 Å². The predicted molar refractivity (Wildman–Crippen MR) is 79.3 cm³/mol. The molecule has 0 bridgehead atoms. The van der Waals surface area contributed by atoms with Gasteiger partial charge in [-0.1, -0.05) is 0 Å². The Balaban J connectivity index is 2.20. The minimum absolute atomic E-state index is 0.120. The molecule has 2 rings (SSSR count). The second-order valence-electron chi connectivity index (χ2n) is 4.32. The molecule has 0 radical (unpaired) electrons. The highest BCUT2D eigenvalue weighted by Gasteiger charge is 2.16. The first-order valence-electron chi connectivity index (χ1n) is 6.40. The van der Waals surface area contributed by atoms with Gasteiger partial charge in [-0.15, -0.1) is 0 Å². The topological polar surface area (TPSA) is 112 Å². The molecule has 23 heavy (non-hydrogen) atoms. The number of hydrogen-bond acceptors (Lipinski definition) is 6. The number of nitrogens with one attached hydrogen (secondary N) is 1. The minimum atomic E-state index is -0.753. The summed E-state index contributed by atoms with van der Waals surface area (Å²) in [5.41, 5.74) is -0.100. The monoisotopic (exact) mass is 316 g/mol. The number of amides is 1. The third-order valence-electron chi connectivity index (χ3n) is 2.82. The van der Waals surface area contributed by atoms with Crippen molar-refractivity contribution >= 4 is 23.6 Å². The van der Waals surface area contributed by atoms with Crippen molar-refractivity contribution in [3.63, 3.8) is 0 Å². The molecule has 0 spiro atoms. The van der Waals surface area contributed by atoms with Crippen molar-refractivity contribution in [2.24, 2.45) is 0 Å². The molecule has 118 valence electrons. The standard InChI is InChI=1S/C15H12N2O6/c1-22-15(19)13(9-12-3-2-8-23-12)16-14(18)10-4-6-11(7-5-10)17(20)21/h2-9H,1H3,(H,16,18). The molecule has 1 N–H and O–H groups in total. The Morgan fingerprint density at radius 1 is 1.26 bits per heavy atom. The average molecular weight is 316 g/mol. The maximum absolute atomic E-state index is 12.1. The number of hydrogen-bond donors (Lipinski definition) is 1. The largest absolute Gasteiger partial charge is 0.465 e. The Labute approximate surface area is 130 Å². The highest BCUT2D eigenvalue weighted by atomic mass is 16.6. The number of rotatable bonds is 5. The molecule has 1 amide bonds. The summed E-state index contributed by atoms with van der Waals surface area (Å²) in [5, 5.41) is 13.0. The van der Waals surface area contributed by atoms with Gasteiger partial charge in [0.2, 0.25) is 0 Å². The molecular formula is C15H12N2O6. The third kappa shape index (κ3) is 4.03. The third-order valence-corrected chi connectivity index (χ3v) is 2.82. The molecule has 0 saturated heterocycles. The fourth-order valence-electron chi connectivity index (χ4n) is 1.70. The first-order valence-corrected chi connectivity index (χ1v) is 6.40. The van der Waals surface area contributed by atoms with E-state index in [1.807, 2.05) is 0 Å². The highest BCUT2D eigenvalue weighted by molar-refractivity contribution is 6.03. The first-order chi connectivity index (χ1) is 11.0. The summed E-state index contributed by atoms with van der Waals surface area (Å²) in [6, 6.07) is 8.19. The van der Waals surface area contributed by atoms with E-state index in [0.717, 1.165) is 0 Å². The number of carbonyl (C=O) groups excluding carboxylic acids is 2. The second kappa shape index (κ2) is 7.03. The minimum Gasteiger partial charge on any atom is -0.465 e. The van der Waals surface area contributed by atoms with Gasteiger partial charge in [-0.05, 0) is 24.3 Å². The number of non-ortho nitro benzene ring substituents is 1. The predicted octanol–water partition coefficient (Wildman–Crippen LogP) is 2.13. The van der Waals surface area contributed by atoms with Crippen molar-refractivity contribution in [2.75, 3.05) is 7.11 Å². The van der Waals surface area contributed by atoms with Gasteiger partial charge < -0.3 is 14.5 Å². The maximum atomic E-state index is 12.1. The molecule has 0 fully saturated rings. The van der Waals surface area contributed by atoms with Crippen LogP contribution in [0.1, 0.15) is 16.1 Å².